The lowest BCUT2D eigenvalue weighted by Gasteiger charge is -1.90. The Morgan fingerprint density at radius 1 is 0.625 bits per heavy atom. The third-order valence-corrected chi connectivity index (χ3v) is 3.22. The molecule has 0 unspecified atom stereocenters. The molecule has 0 radical (unpaired) electrons. The number of carbonyl (C=O) groups excluding carboxylic acids is 3. The molecular weight excluding hydrogens is 308 g/mol. The molecule has 5 heteroatoms. The number of benzene rings is 2. The van der Waals surface area contributed by atoms with Crippen LogP contribution in [0.5, 0.6) is 0 Å². The van der Waals surface area contributed by atoms with Crippen molar-refractivity contribution in [3.05, 3.63) is 77.4 Å². The lowest BCUT2D eigenvalue weighted by molar-refractivity contribution is 0.0443. The number of ether oxygens (including phenoxy) is 2. The van der Waals surface area contributed by atoms with E-state index >= 15 is 0 Å². The SMILES string of the molecule is C=C1OC(=O)c2ccccc21.CC.O=C1OC(=O)c2ccccc21. The minimum absolute atomic E-state index is 0.300. The minimum atomic E-state index is -0.550. The second-order valence-corrected chi connectivity index (χ2v) is 4.58. The first-order valence-electron chi connectivity index (χ1n) is 7.44. The molecular formula is C19H16O5. The van der Waals surface area contributed by atoms with Gasteiger partial charge in [0.1, 0.15) is 5.76 Å². The molecule has 122 valence electrons. The van der Waals surface area contributed by atoms with Crippen molar-refractivity contribution in [2.45, 2.75) is 13.8 Å². The van der Waals surface area contributed by atoms with Crippen LogP contribution in [0.4, 0.5) is 0 Å². The number of carbonyl (C=O) groups is 3. The average molecular weight is 324 g/mol. The van der Waals surface area contributed by atoms with E-state index in [9.17, 15) is 14.4 Å². The molecule has 0 aromatic heterocycles. The average Bonchev–Trinajstić information content (AvgIpc) is 3.07. The fraction of sp³-hybridized carbons (Fsp3) is 0.105. The summed E-state index contributed by atoms with van der Waals surface area (Å²) >= 11 is 0. The topological polar surface area (TPSA) is 69.7 Å². The summed E-state index contributed by atoms with van der Waals surface area (Å²) in [7, 11) is 0. The Labute approximate surface area is 139 Å². The van der Waals surface area contributed by atoms with Gasteiger partial charge in [-0.25, -0.2) is 14.4 Å². The fourth-order valence-corrected chi connectivity index (χ4v) is 2.16. The van der Waals surface area contributed by atoms with Gasteiger partial charge in [-0.2, -0.15) is 0 Å². The highest BCUT2D eigenvalue weighted by Gasteiger charge is 2.28. The summed E-state index contributed by atoms with van der Waals surface area (Å²) in [5, 5.41) is 0. The van der Waals surface area contributed by atoms with Gasteiger partial charge in [-0.05, 0) is 18.2 Å². The van der Waals surface area contributed by atoms with E-state index in [1.54, 1.807) is 36.4 Å². The van der Waals surface area contributed by atoms with E-state index in [4.69, 9.17) is 4.74 Å². The molecule has 0 saturated carbocycles. The lowest BCUT2D eigenvalue weighted by Crippen LogP contribution is -1.96. The van der Waals surface area contributed by atoms with Crippen LogP contribution < -0.4 is 0 Å². The maximum Gasteiger partial charge on any atom is 0.346 e. The van der Waals surface area contributed by atoms with E-state index in [0.29, 0.717) is 22.4 Å². The van der Waals surface area contributed by atoms with Crippen molar-refractivity contribution in [3.8, 4) is 0 Å². The number of fused-ring (bicyclic) bond motifs is 2. The number of cyclic esters (lactones) is 3. The number of esters is 3. The van der Waals surface area contributed by atoms with Crippen LogP contribution in [-0.4, -0.2) is 17.9 Å². The third kappa shape index (κ3) is 3.25. The predicted molar refractivity (Wildman–Crippen MR) is 88.4 cm³/mol. The molecule has 4 rings (SSSR count). The second-order valence-electron chi connectivity index (χ2n) is 4.58. The van der Waals surface area contributed by atoms with Crippen molar-refractivity contribution in [1.82, 2.24) is 0 Å². The fourth-order valence-electron chi connectivity index (χ4n) is 2.16. The normalized spacial score (nSPS) is 13.6. The summed E-state index contributed by atoms with van der Waals surface area (Å²) in [6, 6.07) is 13.7. The van der Waals surface area contributed by atoms with Gasteiger partial charge in [-0.15, -0.1) is 0 Å². The molecule has 0 bridgehead atoms. The van der Waals surface area contributed by atoms with Crippen molar-refractivity contribution in [2.75, 3.05) is 0 Å². The molecule has 2 heterocycles. The first-order chi connectivity index (χ1) is 11.6. The van der Waals surface area contributed by atoms with Gasteiger partial charge in [0.25, 0.3) is 0 Å². The lowest BCUT2D eigenvalue weighted by atomic mass is 10.1. The van der Waals surface area contributed by atoms with Crippen molar-refractivity contribution >= 4 is 23.7 Å². The molecule has 2 aliphatic heterocycles. The monoisotopic (exact) mass is 324 g/mol. The molecule has 5 nitrogen and oxygen atoms in total. The van der Waals surface area contributed by atoms with Gasteiger partial charge in [0, 0.05) is 5.56 Å². The van der Waals surface area contributed by atoms with Crippen LogP contribution in [0, 0.1) is 0 Å². The largest absolute Gasteiger partial charge is 0.423 e. The highest BCUT2D eigenvalue weighted by molar-refractivity contribution is 6.14. The first kappa shape index (κ1) is 17.1. The van der Waals surface area contributed by atoms with Gasteiger partial charge in [-0.3, -0.25) is 0 Å². The quantitative estimate of drug-likeness (QED) is 0.544. The van der Waals surface area contributed by atoms with Crippen LogP contribution in [0.25, 0.3) is 5.76 Å². The van der Waals surface area contributed by atoms with E-state index in [1.165, 1.54) is 0 Å². The van der Waals surface area contributed by atoms with E-state index < -0.39 is 11.9 Å². The number of rotatable bonds is 0. The van der Waals surface area contributed by atoms with E-state index in [1.807, 2.05) is 26.0 Å². The standard InChI is InChI=1S/C9H6O2.C8H4O3.C2H6/c1-6-7-4-2-3-5-8(7)9(10)11-6;9-7-5-3-1-2-4-6(5)8(10)11-7;1-2/h2-5H,1H2;1-4H;1-2H3. The first-order valence-corrected chi connectivity index (χ1v) is 7.44. The maximum absolute atomic E-state index is 11.0. The van der Waals surface area contributed by atoms with Crippen molar-refractivity contribution in [3.63, 3.8) is 0 Å². The van der Waals surface area contributed by atoms with Crippen LogP contribution in [0.15, 0.2) is 55.1 Å². The maximum atomic E-state index is 11.0. The molecule has 0 saturated heterocycles. The summed E-state index contributed by atoms with van der Waals surface area (Å²) in [5.74, 6) is -0.951. The van der Waals surface area contributed by atoms with Gasteiger partial charge in [0.15, 0.2) is 0 Å². The van der Waals surface area contributed by atoms with Crippen molar-refractivity contribution < 1.29 is 23.9 Å². The van der Waals surface area contributed by atoms with Crippen molar-refractivity contribution in [2.24, 2.45) is 0 Å². The molecule has 2 aromatic rings. The highest BCUT2D eigenvalue weighted by atomic mass is 16.6. The van der Waals surface area contributed by atoms with Gasteiger partial charge < -0.3 is 9.47 Å². The smallest absolute Gasteiger partial charge is 0.346 e. The Morgan fingerprint density at radius 2 is 0.958 bits per heavy atom. The van der Waals surface area contributed by atoms with Gasteiger partial charge in [0.05, 0.1) is 16.7 Å². The zero-order valence-electron chi connectivity index (χ0n) is 13.4. The summed E-state index contributed by atoms with van der Waals surface area (Å²) in [6.45, 7) is 7.60. The van der Waals surface area contributed by atoms with Gasteiger partial charge in [0.2, 0.25) is 0 Å². The number of hydrogen-bond acceptors (Lipinski definition) is 5. The minimum Gasteiger partial charge on any atom is -0.423 e. The summed E-state index contributed by atoms with van der Waals surface area (Å²) in [4.78, 5) is 32.7. The van der Waals surface area contributed by atoms with Crippen LogP contribution in [-0.2, 0) is 9.47 Å². The predicted octanol–water partition coefficient (Wildman–Crippen LogP) is 3.85. The Bertz CT molecular complexity index is 685. The van der Waals surface area contributed by atoms with Gasteiger partial charge >= 0.3 is 17.9 Å². The summed E-state index contributed by atoms with van der Waals surface area (Å²) in [5.41, 5.74) is 2.13. The van der Waals surface area contributed by atoms with E-state index in [2.05, 4.69) is 11.3 Å². The summed E-state index contributed by atoms with van der Waals surface area (Å²) < 4.78 is 9.15. The molecule has 0 spiro atoms. The summed E-state index contributed by atoms with van der Waals surface area (Å²) in [6.07, 6.45) is 0. The Balaban J connectivity index is 0.000000158. The molecule has 0 N–H and O–H groups in total. The molecule has 2 aromatic carbocycles. The van der Waals surface area contributed by atoms with Crippen molar-refractivity contribution in [1.29, 1.82) is 0 Å². The molecule has 0 fully saturated rings. The van der Waals surface area contributed by atoms with Crippen LogP contribution in [0.1, 0.15) is 50.5 Å². The van der Waals surface area contributed by atoms with Crippen LogP contribution in [0.3, 0.4) is 0 Å². The van der Waals surface area contributed by atoms with Crippen LogP contribution in [0.2, 0.25) is 0 Å². The zero-order valence-corrected chi connectivity index (χ0v) is 13.4. The van der Waals surface area contributed by atoms with Crippen LogP contribution >= 0.6 is 0 Å². The molecule has 0 aliphatic carbocycles. The Hall–Kier alpha value is -3.21. The highest BCUT2D eigenvalue weighted by Crippen LogP contribution is 2.27. The molecule has 0 atom stereocenters. The molecule has 24 heavy (non-hydrogen) atoms. The zero-order chi connectivity index (χ0) is 17.7. The number of hydrogen-bond donors (Lipinski definition) is 0. The third-order valence-electron chi connectivity index (χ3n) is 3.22. The molecule has 0 amide bonds. The molecule has 2 aliphatic rings. The van der Waals surface area contributed by atoms with Gasteiger partial charge in [-0.1, -0.05) is 50.8 Å². The Morgan fingerprint density at radius 3 is 1.38 bits per heavy atom. The Kier molecular flexibility index (Phi) is 5.27. The second kappa shape index (κ2) is 7.37. The van der Waals surface area contributed by atoms with E-state index in [-0.39, 0.29) is 5.97 Å². The van der Waals surface area contributed by atoms with E-state index in [0.717, 1.165) is 5.56 Å².